The number of rotatable bonds is 11. The number of benzene rings is 2. The van der Waals surface area contributed by atoms with Gasteiger partial charge in [0.15, 0.2) is 18.0 Å². The van der Waals surface area contributed by atoms with E-state index in [1.807, 2.05) is 20.8 Å². The highest BCUT2D eigenvalue weighted by atomic mass is 16.7. The van der Waals surface area contributed by atoms with Gasteiger partial charge in [0, 0.05) is 43.3 Å². The molecule has 3 aliphatic carbocycles. The molecule has 354 valence electrons. The van der Waals surface area contributed by atoms with E-state index < -0.39 is 107 Å². The van der Waals surface area contributed by atoms with Crippen molar-refractivity contribution in [3.8, 4) is 0 Å². The summed E-state index contributed by atoms with van der Waals surface area (Å²) in [5.41, 5.74) is -4.94. The number of hydrogen-bond acceptors (Lipinski definition) is 15. The Morgan fingerprint density at radius 2 is 1.65 bits per heavy atom. The largest absolute Gasteiger partial charge is 0.456 e. The van der Waals surface area contributed by atoms with Gasteiger partial charge in [-0.25, -0.2) is 14.4 Å². The molecule has 1 amide bonds. The fraction of sp³-hybridized carbons (Fsp3) is 0.633. The maximum absolute atomic E-state index is 14.5. The summed E-state index contributed by atoms with van der Waals surface area (Å²) in [4.78, 5) is 57.4. The molecule has 0 spiro atoms. The predicted molar refractivity (Wildman–Crippen MR) is 232 cm³/mol. The van der Waals surface area contributed by atoms with E-state index in [0.29, 0.717) is 36.1 Å². The van der Waals surface area contributed by atoms with Gasteiger partial charge in [-0.05, 0) is 75.8 Å². The van der Waals surface area contributed by atoms with Crippen LogP contribution in [0.2, 0.25) is 0 Å². The van der Waals surface area contributed by atoms with Crippen molar-refractivity contribution < 1.29 is 67.7 Å². The molecule has 2 bridgehead atoms. The van der Waals surface area contributed by atoms with Gasteiger partial charge in [-0.1, -0.05) is 69.3 Å². The first-order valence-corrected chi connectivity index (χ1v) is 22.7. The maximum atomic E-state index is 14.5. The molecule has 8 rings (SSSR count). The van der Waals surface area contributed by atoms with Crippen LogP contribution < -0.4 is 5.32 Å². The van der Waals surface area contributed by atoms with Crippen LogP contribution in [0.1, 0.15) is 103 Å². The quantitative estimate of drug-likeness (QED) is 0.139. The zero-order valence-electron chi connectivity index (χ0n) is 38.5. The van der Waals surface area contributed by atoms with Gasteiger partial charge in [0.2, 0.25) is 0 Å². The number of alkyl carbamates (subject to hydrolysis) is 1. The molecule has 13 atom stereocenters. The number of hydrogen-bond donors (Lipinski definition) is 4. The van der Waals surface area contributed by atoms with E-state index in [-0.39, 0.29) is 31.2 Å². The van der Waals surface area contributed by atoms with Gasteiger partial charge in [-0.2, -0.15) is 0 Å². The average molecular weight is 905 g/mol. The van der Waals surface area contributed by atoms with Crippen LogP contribution in [0.4, 0.5) is 4.79 Å². The Kier molecular flexibility index (Phi) is 12.6. The molecule has 2 saturated carbocycles. The van der Waals surface area contributed by atoms with E-state index in [1.165, 1.54) is 6.92 Å². The van der Waals surface area contributed by atoms with E-state index in [4.69, 9.17) is 33.2 Å². The van der Waals surface area contributed by atoms with Crippen LogP contribution in [0.5, 0.6) is 0 Å². The fourth-order valence-electron chi connectivity index (χ4n) is 11.7. The standard InChI is InChI=1S/C49H64N2O14/c1-27-32(60-43(56)37(54)36(29-15-11-9-12-16-29)50-44(57)65-45(3,4)5)23-49(58)41(63-42(55)30-17-13-10-14-18-30)39-47(8,21-19-33-48(39,26-59-33)64-28(2)53)40-38(35(27)46(49,6)7)61-34(62-40)24-51-22-20-31(51)25-52/h9-18,31-34,36-41,52,54,58H,19-26H2,1-8H3,(H,50,57)/t31-,32-,33+,34+,36-,37+,38+,39-,40+,41-,47+,48-,49+/m0/s1. The number of carbonyl (C=O) groups is 4. The Morgan fingerprint density at radius 3 is 2.23 bits per heavy atom. The molecule has 16 nitrogen and oxygen atoms in total. The normalized spacial score (nSPS) is 35.8. The minimum Gasteiger partial charge on any atom is -0.456 e. The van der Waals surface area contributed by atoms with Crippen molar-refractivity contribution in [1.29, 1.82) is 0 Å². The molecule has 2 aromatic rings. The summed E-state index contributed by atoms with van der Waals surface area (Å²) in [5, 5.41) is 38.6. The zero-order valence-corrected chi connectivity index (χ0v) is 38.5. The maximum Gasteiger partial charge on any atom is 0.408 e. The zero-order chi connectivity index (χ0) is 46.9. The third-order valence-electron chi connectivity index (χ3n) is 15.1. The first-order valence-electron chi connectivity index (χ1n) is 22.7. The first-order chi connectivity index (χ1) is 30.6. The molecular formula is C49H64N2O14. The van der Waals surface area contributed by atoms with Crippen molar-refractivity contribution in [3.05, 3.63) is 82.9 Å². The number of nitrogens with one attached hydrogen (secondary N) is 1. The highest BCUT2D eigenvalue weighted by Gasteiger charge is 2.77. The predicted octanol–water partition coefficient (Wildman–Crippen LogP) is 4.54. The molecule has 6 aliphatic rings. The summed E-state index contributed by atoms with van der Waals surface area (Å²) >= 11 is 0. The summed E-state index contributed by atoms with van der Waals surface area (Å²) < 4.78 is 45.1. The summed E-state index contributed by atoms with van der Waals surface area (Å²) in [6.07, 6.45) is -7.16. The number of likely N-dealkylation sites (tertiary alicyclic amines) is 1. The minimum atomic E-state index is -2.09. The van der Waals surface area contributed by atoms with Crippen molar-refractivity contribution in [2.75, 3.05) is 26.3 Å². The van der Waals surface area contributed by atoms with Gasteiger partial charge in [0.05, 0.1) is 36.8 Å². The van der Waals surface area contributed by atoms with E-state index in [2.05, 4.69) is 10.2 Å². The van der Waals surface area contributed by atoms with Crippen LogP contribution in [0, 0.1) is 16.7 Å². The summed E-state index contributed by atoms with van der Waals surface area (Å²) in [6, 6.07) is 15.5. The number of fused-ring (bicyclic) bond motifs is 8. The van der Waals surface area contributed by atoms with Crippen molar-refractivity contribution in [2.45, 2.75) is 153 Å². The van der Waals surface area contributed by atoms with E-state index in [1.54, 1.807) is 88.4 Å². The molecule has 3 saturated heterocycles. The van der Waals surface area contributed by atoms with Crippen molar-refractivity contribution in [2.24, 2.45) is 16.7 Å². The van der Waals surface area contributed by atoms with Crippen LogP contribution in [-0.2, 0) is 42.7 Å². The summed E-state index contributed by atoms with van der Waals surface area (Å²) in [6.45, 7) is 14.9. The van der Waals surface area contributed by atoms with Gasteiger partial charge >= 0.3 is 24.0 Å². The van der Waals surface area contributed by atoms with Crippen LogP contribution >= 0.6 is 0 Å². The molecule has 3 aliphatic heterocycles. The number of carbonyl (C=O) groups excluding carboxylic acids is 4. The minimum absolute atomic E-state index is 0.0260. The highest BCUT2D eigenvalue weighted by molar-refractivity contribution is 5.89. The molecular weight excluding hydrogens is 841 g/mol. The fourth-order valence-corrected chi connectivity index (χ4v) is 11.7. The van der Waals surface area contributed by atoms with Gasteiger partial charge in [-0.3, -0.25) is 9.69 Å². The number of aliphatic hydroxyl groups excluding tert-OH is 2. The second-order valence-corrected chi connectivity index (χ2v) is 20.5. The van der Waals surface area contributed by atoms with E-state index >= 15 is 0 Å². The number of ether oxygens (including phenoxy) is 7. The molecule has 0 aromatic heterocycles. The Labute approximate surface area is 379 Å². The van der Waals surface area contributed by atoms with Crippen LogP contribution in [-0.4, -0.2) is 136 Å². The number of nitrogens with zero attached hydrogens (tertiary/aromatic N) is 1. The Hall–Kier alpha value is -4.42. The smallest absolute Gasteiger partial charge is 0.408 e. The molecule has 3 heterocycles. The highest BCUT2D eigenvalue weighted by Crippen LogP contribution is 2.66. The van der Waals surface area contributed by atoms with Gasteiger partial charge < -0.3 is 53.8 Å². The number of amides is 1. The SMILES string of the molecule is CC(=O)O[C@@]12CO[C@@H]1CC[C@@]1(C)[C@@H]3O[C@H](CN4CC[C@H]4CO)O[C@@H]3C3=C(C)[C@@H](OC(=O)[C@H](O)[C@@H](NC(=O)OC(C)(C)C)c4ccccc4)C[C@@](O)([C@@H](OC(=O)c4ccccc4)[C@@H]12)C3(C)C. The number of esters is 3. The topological polar surface area (TPSA) is 209 Å². The Morgan fingerprint density at radius 1 is 0.969 bits per heavy atom. The van der Waals surface area contributed by atoms with Crippen LogP contribution in [0.3, 0.4) is 0 Å². The Balaban J connectivity index is 1.26. The number of aliphatic hydroxyl groups is 3. The van der Waals surface area contributed by atoms with Crippen LogP contribution in [0.15, 0.2) is 71.8 Å². The molecule has 16 heteroatoms. The van der Waals surface area contributed by atoms with Crippen molar-refractivity contribution >= 4 is 24.0 Å². The Bertz CT molecular complexity index is 2160. The molecule has 0 unspecified atom stereocenters. The molecule has 2 aromatic carbocycles. The molecule has 5 fully saturated rings. The lowest BCUT2D eigenvalue weighted by Crippen LogP contribution is -2.79. The van der Waals surface area contributed by atoms with Crippen molar-refractivity contribution in [3.63, 3.8) is 0 Å². The van der Waals surface area contributed by atoms with E-state index in [0.717, 1.165) is 13.0 Å². The summed E-state index contributed by atoms with van der Waals surface area (Å²) in [7, 11) is 0. The lowest BCUT2D eigenvalue weighted by Gasteiger charge is -2.68. The third-order valence-corrected chi connectivity index (χ3v) is 15.1. The third kappa shape index (κ3) is 8.27. The van der Waals surface area contributed by atoms with Crippen molar-refractivity contribution in [1.82, 2.24) is 10.2 Å². The van der Waals surface area contributed by atoms with E-state index in [9.17, 15) is 34.5 Å². The lowest BCUT2D eigenvalue weighted by molar-refractivity contribution is -0.345. The average Bonchev–Trinajstić information content (AvgIpc) is 3.65. The molecule has 4 N–H and O–H groups in total. The van der Waals surface area contributed by atoms with Gasteiger partial charge in [0.1, 0.15) is 35.6 Å². The summed E-state index contributed by atoms with van der Waals surface area (Å²) in [5.74, 6) is -3.38. The first kappa shape index (κ1) is 47.1. The molecule has 0 radical (unpaired) electrons. The van der Waals surface area contributed by atoms with Crippen LogP contribution in [0.25, 0.3) is 0 Å². The second-order valence-electron chi connectivity index (χ2n) is 20.5. The second kappa shape index (κ2) is 17.3. The van der Waals surface area contributed by atoms with Gasteiger partial charge in [-0.15, -0.1) is 0 Å². The lowest BCUT2D eigenvalue weighted by atomic mass is 9.45. The van der Waals surface area contributed by atoms with Gasteiger partial charge in [0.25, 0.3) is 0 Å². The molecule has 65 heavy (non-hydrogen) atoms. The monoisotopic (exact) mass is 904 g/mol.